The third-order valence-corrected chi connectivity index (χ3v) is 9.28. The van der Waals surface area contributed by atoms with Gasteiger partial charge in [0.05, 0.1) is 0 Å². The number of carbonyl (C=O) groups excluding carboxylic acids is 2. The number of nitrogens with zero attached hydrogens (tertiary/aromatic N) is 3. The first kappa shape index (κ1) is 31.2. The number of rotatable bonds is 8. The molecule has 3 N–H and O–H groups in total. The van der Waals surface area contributed by atoms with Crippen LogP contribution in [0.4, 0.5) is 23.7 Å². The van der Waals surface area contributed by atoms with Gasteiger partial charge in [0.15, 0.2) is 0 Å². The first-order chi connectivity index (χ1) is 19.6. The zero-order chi connectivity index (χ0) is 30.9. The van der Waals surface area contributed by atoms with Crippen LogP contribution in [-0.2, 0) is 21.2 Å². The summed E-state index contributed by atoms with van der Waals surface area (Å²) in [5.41, 5.74) is 8.41. The number of sulfonamides is 1. The molecule has 0 bridgehead atoms. The molecule has 4 rings (SSSR count). The molecule has 1 saturated heterocycles. The third-order valence-electron chi connectivity index (χ3n) is 7.72. The summed E-state index contributed by atoms with van der Waals surface area (Å²) in [4.78, 5) is 30.5. The van der Waals surface area contributed by atoms with Gasteiger partial charge >= 0.3 is 12.2 Å². The zero-order valence-electron chi connectivity index (χ0n) is 23.7. The molecule has 13 heteroatoms. The number of nitrogens with two attached hydrogens (primary N) is 1. The van der Waals surface area contributed by atoms with Gasteiger partial charge in [0.25, 0.3) is 5.91 Å². The quantitative estimate of drug-likeness (QED) is 0.462. The van der Waals surface area contributed by atoms with Crippen LogP contribution in [0.2, 0.25) is 0 Å². The van der Waals surface area contributed by atoms with Crippen molar-refractivity contribution in [1.29, 1.82) is 0 Å². The number of urea groups is 1. The number of alkyl halides is 3. The number of anilines is 1. The number of hydrogen-bond donors (Lipinski definition) is 2. The lowest BCUT2D eigenvalue weighted by Gasteiger charge is -2.34. The lowest BCUT2D eigenvalue weighted by molar-refractivity contribution is -0.135. The highest BCUT2D eigenvalue weighted by molar-refractivity contribution is 7.92. The highest BCUT2D eigenvalue weighted by atomic mass is 32.2. The first-order valence-electron chi connectivity index (χ1n) is 13.5. The van der Waals surface area contributed by atoms with E-state index >= 15 is 0 Å². The summed E-state index contributed by atoms with van der Waals surface area (Å²) in [7, 11) is -2.25. The van der Waals surface area contributed by atoms with E-state index in [-0.39, 0.29) is 44.7 Å². The summed E-state index contributed by atoms with van der Waals surface area (Å²) in [5.74, 6) is 0.0186. The normalized spacial score (nSPS) is 17.5. The van der Waals surface area contributed by atoms with E-state index in [4.69, 9.17) is 5.73 Å². The second-order valence-electron chi connectivity index (χ2n) is 10.8. The zero-order valence-corrected chi connectivity index (χ0v) is 24.5. The van der Waals surface area contributed by atoms with Crippen molar-refractivity contribution in [2.45, 2.75) is 57.7 Å². The van der Waals surface area contributed by atoms with Crippen molar-refractivity contribution < 1.29 is 31.2 Å². The molecule has 0 aromatic heterocycles. The molecule has 2 aliphatic heterocycles. The predicted octanol–water partition coefficient (Wildman–Crippen LogP) is 4.42. The number of benzene rings is 2. The number of piperidine rings is 1. The van der Waals surface area contributed by atoms with Gasteiger partial charge in [0.1, 0.15) is 11.4 Å². The molecule has 9 nitrogen and oxygen atoms in total. The average molecular weight is 606 g/mol. The Hall–Kier alpha value is -3.71. The second kappa shape index (κ2) is 11.9. The summed E-state index contributed by atoms with van der Waals surface area (Å²) in [5, 5.41) is 3.93. The van der Waals surface area contributed by atoms with Gasteiger partial charge in [0, 0.05) is 43.2 Å². The number of primary amides is 1. The summed E-state index contributed by atoms with van der Waals surface area (Å²) in [6, 6.07) is 9.80. The Morgan fingerprint density at radius 3 is 2.40 bits per heavy atom. The number of amides is 3. The van der Waals surface area contributed by atoms with Crippen molar-refractivity contribution in [2.75, 3.05) is 25.0 Å². The fourth-order valence-corrected chi connectivity index (χ4v) is 6.42. The maximum absolute atomic E-state index is 13.2. The summed E-state index contributed by atoms with van der Waals surface area (Å²) in [6.07, 6.45) is -2.97. The van der Waals surface area contributed by atoms with Crippen LogP contribution in [0.3, 0.4) is 0 Å². The van der Waals surface area contributed by atoms with Crippen LogP contribution in [0, 0.1) is 13.8 Å². The molecule has 1 fully saturated rings. The number of aliphatic imine (C=N–C) groups is 1. The molecule has 42 heavy (non-hydrogen) atoms. The van der Waals surface area contributed by atoms with E-state index in [0.29, 0.717) is 28.2 Å². The van der Waals surface area contributed by atoms with Gasteiger partial charge in [-0.3, -0.25) is 14.7 Å². The van der Waals surface area contributed by atoms with Crippen molar-refractivity contribution in [1.82, 2.24) is 9.62 Å². The molecule has 2 heterocycles. The standard InChI is InChI=1S/C29H34F3N5O4S/c1-19-16-23(36(3)27(33)39)17-20(2)24(19)9-15-42(40,41)37-13-11-28(12-14-37)26(38)34-25(35-28)22-8-4-6-21(18-22)7-5-10-29(30,31)32/h4,6,8-9,15-18H,5,7,10-14H2,1-3H3,(H2,33,39)(H,34,35,38)/b15-9+. The lowest BCUT2D eigenvalue weighted by Crippen LogP contribution is -2.50. The number of nitrogens with one attached hydrogen (secondary N) is 1. The van der Waals surface area contributed by atoms with E-state index in [0.717, 1.165) is 16.5 Å². The van der Waals surface area contributed by atoms with Crippen molar-refractivity contribution in [3.05, 3.63) is 69.6 Å². The summed E-state index contributed by atoms with van der Waals surface area (Å²) in [6.45, 7) is 3.81. The number of carbonyl (C=O) groups is 2. The molecule has 0 unspecified atom stereocenters. The Bertz CT molecular complexity index is 1520. The van der Waals surface area contributed by atoms with Gasteiger partial charge in [-0.05, 0) is 86.1 Å². The number of amidine groups is 1. The van der Waals surface area contributed by atoms with Gasteiger partial charge in [-0.2, -0.15) is 17.5 Å². The highest BCUT2D eigenvalue weighted by Gasteiger charge is 2.47. The SMILES string of the molecule is Cc1cc(N(C)C(N)=O)cc(C)c1/C=C/S(=O)(=O)N1CCC2(CC1)N=C(c1cccc(CCCC(F)(F)F)c1)NC2=O. The maximum atomic E-state index is 13.2. The molecular weight excluding hydrogens is 571 g/mol. The van der Waals surface area contributed by atoms with Crippen LogP contribution in [-0.4, -0.2) is 62.3 Å². The molecule has 2 aromatic carbocycles. The van der Waals surface area contributed by atoms with E-state index in [1.54, 1.807) is 43.4 Å². The number of aryl methyl sites for hydroxylation is 3. The fourth-order valence-electron chi connectivity index (χ4n) is 5.25. The second-order valence-corrected chi connectivity index (χ2v) is 12.6. The van der Waals surface area contributed by atoms with Crippen molar-refractivity contribution in [3.63, 3.8) is 0 Å². The third kappa shape index (κ3) is 7.01. The predicted molar refractivity (Wildman–Crippen MR) is 156 cm³/mol. The monoisotopic (exact) mass is 605 g/mol. The molecule has 0 atom stereocenters. The molecule has 2 aromatic rings. The Morgan fingerprint density at radius 2 is 1.81 bits per heavy atom. The molecule has 0 aliphatic carbocycles. The molecule has 3 amide bonds. The summed E-state index contributed by atoms with van der Waals surface area (Å²) < 4.78 is 65.2. The van der Waals surface area contributed by atoms with Crippen LogP contribution in [0.1, 0.15) is 53.5 Å². The van der Waals surface area contributed by atoms with E-state index in [2.05, 4.69) is 10.3 Å². The van der Waals surface area contributed by atoms with Gasteiger partial charge in [-0.15, -0.1) is 0 Å². The molecular formula is C29H34F3N5O4S. The molecule has 2 aliphatic rings. The first-order valence-corrected chi connectivity index (χ1v) is 15.0. The Labute approximate surface area is 243 Å². The topological polar surface area (TPSA) is 125 Å². The van der Waals surface area contributed by atoms with Crippen LogP contribution < -0.4 is 16.0 Å². The van der Waals surface area contributed by atoms with Crippen LogP contribution in [0.25, 0.3) is 6.08 Å². The number of halogens is 3. The average Bonchev–Trinajstić information content (AvgIpc) is 3.22. The van der Waals surface area contributed by atoms with Gasteiger partial charge in [0.2, 0.25) is 10.0 Å². The van der Waals surface area contributed by atoms with Gasteiger partial charge in [-0.1, -0.05) is 18.2 Å². The largest absolute Gasteiger partial charge is 0.389 e. The van der Waals surface area contributed by atoms with E-state index < -0.39 is 34.2 Å². The van der Waals surface area contributed by atoms with Crippen LogP contribution in [0.5, 0.6) is 0 Å². The van der Waals surface area contributed by atoms with Crippen molar-refractivity contribution in [3.8, 4) is 0 Å². The lowest BCUT2D eigenvalue weighted by atomic mass is 9.89. The van der Waals surface area contributed by atoms with Crippen molar-refractivity contribution in [2.24, 2.45) is 10.7 Å². The molecule has 1 spiro atoms. The van der Waals surface area contributed by atoms with E-state index in [9.17, 15) is 31.2 Å². The van der Waals surface area contributed by atoms with Gasteiger partial charge in [-0.25, -0.2) is 13.2 Å². The van der Waals surface area contributed by atoms with Gasteiger partial charge < -0.3 is 11.1 Å². The minimum atomic E-state index is -4.21. The highest BCUT2D eigenvalue weighted by Crippen LogP contribution is 2.33. The van der Waals surface area contributed by atoms with Crippen LogP contribution in [0.15, 0.2) is 46.8 Å². The van der Waals surface area contributed by atoms with E-state index in [1.807, 2.05) is 13.8 Å². The molecule has 226 valence electrons. The maximum Gasteiger partial charge on any atom is 0.389 e. The Kier molecular flexibility index (Phi) is 8.84. The van der Waals surface area contributed by atoms with Crippen LogP contribution >= 0.6 is 0 Å². The Morgan fingerprint density at radius 1 is 1.17 bits per heavy atom. The smallest absolute Gasteiger partial charge is 0.351 e. The minimum absolute atomic E-state index is 0.0361. The summed E-state index contributed by atoms with van der Waals surface area (Å²) >= 11 is 0. The Balaban J connectivity index is 1.44. The molecule has 0 saturated carbocycles. The minimum Gasteiger partial charge on any atom is -0.351 e. The number of hydrogen-bond acceptors (Lipinski definition) is 5. The van der Waals surface area contributed by atoms with Crippen molar-refractivity contribution >= 4 is 39.6 Å². The fraction of sp³-hybridized carbons (Fsp3) is 0.414. The van der Waals surface area contributed by atoms with E-state index in [1.165, 1.54) is 15.3 Å². The molecule has 0 radical (unpaired) electrons.